The van der Waals surface area contributed by atoms with Gasteiger partial charge >= 0.3 is 11.9 Å². The number of fused-ring (bicyclic) bond motifs is 1. The van der Waals surface area contributed by atoms with Gasteiger partial charge < -0.3 is 23.7 Å². The molecule has 0 saturated heterocycles. The summed E-state index contributed by atoms with van der Waals surface area (Å²) in [6, 6.07) is 14.8. The van der Waals surface area contributed by atoms with Crippen LogP contribution in [0.1, 0.15) is 43.5 Å². The number of hydrogen-bond donors (Lipinski definition) is 0. The number of rotatable bonds is 12. The summed E-state index contributed by atoms with van der Waals surface area (Å²) in [5, 5.41) is 1.05. The van der Waals surface area contributed by atoms with Crippen molar-refractivity contribution < 1.29 is 33.3 Å². The fourth-order valence-electron chi connectivity index (χ4n) is 5.05. The van der Waals surface area contributed by atoms with Crippen molar-refractivity contribution in [2.24, 2.45) is 4.99 Å². The number of thiazole rings is 1. The molecule has 2 heterocycles. The van der Waals surface area contributed by atoms with E-state index in [4.69, 9.17) is 42.1 Å². The highest BCUT2D eigenvalue weighted by Gasteiger charge is 2.34. The third kappa shape index (κ3) is 8.21. The number of ether oxygens (including phenoxy) is 5. The molecule has 0 saturated carbocycles. The van der Waals surface area contributed by atoms with Gasteiger partial charge in [-0.05, 0) is 90.3 Å². The van der Waals surface area contributed by atoms with Crippen LogP contribution in [0, 0.1) is 0 Å². The third-order valence-corrected chi connectivity index (χ3v) is 9.52. The molecule has 4 aromatic rings. The fourth-order valence-corrected chi connectivity index (χ4v) is 7.07. The minimum absolute atomic E-state index is 0.137. The molecule has 1 aliphatic heterocycles. The molecule has 1 aliphatic rings. The number of aromatic nitrogens is 1. The lowest BCUT2D eigenvalue weighted by molar-refractivity contribution is -0.143. The number of halogens is 3. The molecule has 0 amide bonds. The van der Waals surface area contributed by atoms with E-state index in [1.54, 1.807) is 69.3 Å². The molecule has 0 radical (unpaired) electrons. The topological polar surface area (TPSA) is 115 Å². The van der Waals surface area contributed by atoms with Crippen LogP contribution in [0.15, 0.2) is 80.1 Å². The van der Waals surface area contributed by atoms with Crippen molar-refractivity contribution in [2.45, 2.75) is 33.4 Å². The van der Waals surface area contributed by atoms with Crippen LogP contribution in [0.25, 0.3) is 6.08 Å². The maximum absolute atomic E-state index is 14.1. The van der Waals surface area contributed by atoms with E-state index in [1.807, 2.05) is 12.1 Å². The molecule has 49 heavy (non-hydrogen) atoms. The quantitative estimate of drug-likeness (QED) is 0.152. The second kappa shape index (κ2) is 16.1. The van der Waals surface area contributed by atoms with Crippen molar-refractivity contribution in [1.82, 2.24) is 4.57 Å². The zero-order valence-electron chi connectivity index (χ0n) is 26.9. The average molecular weight is 791 g/mol. The Labute approximate surface area is 304 Å². The van der Waals surface area contributed by atoms with Crippen LogP contribution < -0.4 is 29.1 Å². The first kappa shape index (κ1) is 36.2. The highest BCUT2D eigenvalue weighted by molar-refractivity contribution is 9.10. The largest absolute Gasteiger partial charge is 0.490 e. The molecule has 0 N–H and O–H groups in total. The smallest absolute Gasteiger partial charge is 0.343 e. The van der Waals surface area contributed by atoms with Crippen molar-refractivity contribution in [3.63, 3.8) is 0 Å². The highest BCUT2D eigenvalue weighted by atomic mass is 79.9. The Hall–Kier alpha value is -4.10. The Kier molecular flexibility index (Phi) is 11.9. The summed E-state index contributed by atoms with van der Waals surface area (Å²) in [6.07, 6.45) is 1.75. The van der Waals surface area contributed by atoms with Gasteiger partial charge in [0, 0.05) is 15.6 Å². The summed E-state index contributed by atoms with van der Waals surface area (Å²) in [5.74, 6) is 0.0687. The van der Waals surface area contributed by atoms with Gasteiger partial charge in [-0.15, -0.1) is 0 Å². The molecule has 0 unspecified atom stereocenters. The number of benzene rings is 3. The van der Waals surface area contributed by atoms with E-state index in [2.05, 4.69) is 25.7 Å². The van der Waals surface area contributed by atoms with Gasteiger partial charge in [-0.1, -0.05) is 52.7 Å². The first-order valence-electron chi connectivity index (χ1n) is 15.1. The van der Waals surface area contributed by atoms with Gasteiger partial charge in [-0.25, -0.2) is 14.6 Å². The number of carbonyl (C=O) groups excluding carboxylic acids is 2. The first-order valence-corrected chi connectivity index (χ1v) is 17.4. The molecular formula is C35H31BrCl2N2O8S. The van der Waals surface area contributed by atoms with Gasteiger partial charge in [-0.3, -0.25) is 9.36 Å². The molecule has 1 aromatic heterocycles. The van der Waals surface area contributed by atoms with Crippen LogP contribution in [0.3, 0.4) is 0 Å². The molecule has 3 aromatic carbocycles. The Morgan fingerprint density at radius 3 is 2.45 bits per heavy atom. The van der Waals surface area contributed by atoms with Crippen LogP contribution in [0.4, 0.5) is 0 Å². The fraction of sp³-hybridized carbons (Fsp3) is 0.257. The molecule has 5 rings (SSSR count). The maximum atomic E-state index is 14.1. The van der Waals surface area contributed by atoms with Crippen molar-refractivity contribution in [2.75, 3.05) is 26.9 Å². The Balaban J connectivity index is 1.53. The minimum Gasteiger partial charge on any atom is -0.490 e. The molecule has 0 fully saturated rings. The lowest BCUT2D eigenvalue weighted by atomic mass is 9.95. The number of carbonyl (C=O) groups is 2. The number of methoxy groups -OCH3 is 1. The molecule has 0 bridgehead atoms. The Morgan fingerprint density at radius 1 is 0.980 bits per heavy atom. The molecule has 0 spiro atoms. The molecule has 0 aliphatic carbocycles. The third-order valence-electron chi connectivity index (χ3n) is 7.33. The van der Waals surface area contributed by atoms with Gasteiger partial charge in [0.25, 0.3) is 5.56 Å². The summed E-state index contributed by atoms with van der Waals surface area (Å²) in [4.78, 5) is 44.3. The van der Waals surface area contributed by atoms with Gasteiger partial charge in [0.2, 0.25) is 0 Å². The predicted molar refractivity (Wildman–Crippen MR) is 190 cm³/mol. The van der Waals surface area contributed by atoms with Gasteiger partial charge in [0.15, 0.2) is 22.9 Å². The SMILES string of the molecule is CCOC(=O)C1=C(C)N=c2s/c(=C\c3ccc(OCc4ccc(Cl)cc4Cl)c(Br)c3)c(=O)n2[C@@H]1c1ccc(OCC(=O)OC)c(OCC)c1. The van der Waals surface area contributed by atoms with Crippen molar-refractivity contribution in [3.8, 4) is 17.2 Å². The maximum Gasteiger partial charge on any atom is 0.343 e. The summed E-state index contributed by atoms with van der Waals surface area (Å²) in [6.45, 7) is 5.57. The zero-order valence-corrected chi connectivity index (χ0v) is 30.8. The van der Waals surface area contributed by atoms with E-state index in [1.165, 1.54) is 23.0 Å². The standard InChI is InChI=1S/C35H31BrCl2N2O8S/c1-5-45-28-15-21(9-12-27(28)48-18-30(41)44-4)32-31(34(43)46-6-2)19(3)39-35-40(32)33(42)29(49-35)14-20-7-11-26(24(36)13-20)47-17-22-8-10-23(37)16-25(22)38/h7-16,32H,5-6,17-18H2,1-4H3/b29-14-/t32-/m1/s1. The summed E-state index contributed by atoms with van der Waals surface area (Å²) < 4.78 is 30.1. The summed E-state index contributed by atoms with van der Waals surface area (Å²) in [7, 11) is 1.27. The van der Waals surface area contributed by atoms with Crippen LogP contribution in [0.2, 0.25) is 10.0 Å². The lowest BCUT2D eigenvalue weighted by Gasteiger charge is -2.25. The number of nitrogens with zero attached hydrogens (tertiary/aromatic N) is 2. The second-order valence-electron chi connectivity index (χ2n) is 10.5. The zero-order chi connectivity index (χ0) is 35.2. The Bertz CT molecular complexity index is 2130. The van der Waals surface area contributed by atoms with Crippen molar-refractivity contribution in [3.05, 3.63) is 117 Å². The summed E-state index contributed by atoms with van der Waals surface area (Å²) >= 11 is 17.1. The highest BCUT2D eigenvalue weighted by Crippen LogP contribution is 2.36. The first-order chi connectivity index (χ1) is 23.5. The number of hydrogen-bond acceptors (Lipinski definition) is 10. The molecule has 256 valence electrons. The van der Waals surface area contributed by atoms with Crippen LogP contribution in [-0.4, -0.2) is 43.4 Å². The molecule has 14 heteroatoms. The van der Waals surface area contributed by atoms with Crippen LogP contribution in [0.5, 0.6) is 17.2 Å². The van der Waals surface area contributed by atoms with E-state index in [9.17, 15) is 14.4 Å². The number of allylic oxidation sites excluding steroid dienone is 1. The van der Waals surface area contributed by atoms with Crippen LogP contribution >= 0.6 is 50.5 Å². The second-order valence-corrected chi connectivity index (χ2v) is 13.2. The molecule has 1 atom stereocenters. The van der Waals surface area contributed by atoms with Crippen molar-refractivity contribution >= 4 is 68.5 Å². The van der Waals surface area contributed by atoms with Crippen LogP contribution in [-0.2, 0) is 25.7 Å². The molecule has 10 nitrogen and oxygen atoms in total. The van der Waals surface area contributed by atoms with E-state index in [-0.39, 0.29) is 31.0 Å². The number of esters is 2. The summed E-state index contributed by atoms with van der Waals surface area (Å²) in [5.41, 5.74) is 2.37. The molecular weight excluding hydrogens is 759 g/mol. The van der Waals surface area contributed by atoms with E-state index >= 15 is 0 Å². The van der Waals surface area contributed by atoms with E-state index in [0.29, 0.717) is 59.0 Å². The Morgan fingerprint density at radius 2 is 1.76 bits per heavy atom. The van der Waals surface area contributed by atoms with Gasteiger partial charge in [-0.2, -0.15) is 0 Å². The van der Waals surface area contributed by atoms with Gasteiger partial charge in [0.1, 0.15) is 12.4 Å². The normalized spacial score (nSPS) is 14.2. The monoisotopic (exact) mass is 788 g/mol. The van der Waals surface area contributed by atoms with Crippen molar-refractivity contribution in [1.29, 1.82) is 0 Å². The van der Waals surface area contributed by atoms with Gasteiger partial charge in [0.05, 0.1) is 46.6 Å². The van der Waals surface area contributed by atoms with E-state index < -0.39 is 18.0 Å². The average Bonchev–Trinajstić information content (AvgIpc) is 3.37. The van der Waals surface area contributed by atoms with E-state index in [0.717, 1.165) is 11.1 Å². The minimum atomic E-state index is -0.881. The predicted octanol–water partition coefficient (Wildman–Crippen LogP) is 6.40. The lowest BCUT2D eigenvalue weighted by Crippen LogP contribution is -2.40.